The van der Waals surface area contributed by atoms with E-state index < -0.39 is 47.3 Å². The third-order valence-electron chi connectivity index (χ3n) is 9.33. The third kappa shape index (κ3) is 15.0. The van der Waals surface area contributed by atoms with E-state index in [1.54, 1.807) is 65.8 Å². The van der Waals surface area contributed by atoms with E-state index in [1.165, 1.54) is 30.0 Å². The van der Waals surface area contributed by atoms with Crippen LogP contribution in [0, 0.1) is 22.7 Å². The Morgan fingerprint density at radius 1 is 0.862 bits per heavy atom. The van der Waals surface area contributed by atoms with Gasteiger partial charge in [0.25, 0.3) is 0 Å². The summed E-state index contributed by atoms with van der Waals surface area (Å²) in [6.45, 7) is 12.9. The normalized spacial score (nSPS) is 13.4. The Balaban J connectivity index is 1.20. The lowest BCUT2D eigenvalue weighted by Crippen LogP contribution is -2.52. The number of rotatable bonds is 17. The highest BCUT2D eigenvalue weighted by molar-refractivity contribution is 7.98. The van der Waals surface area contributed by atoms with Crippen LogP contribution >= 0.6 is 34.7 Å². The van der Waals surface area contributed by atoms with Gasteiger partial charge in [0.1, 0.15) is 75.8 Å². The van der Waals surface area contributed by atoms with Gasteiger partial charge in [-0.05, 0) is 97.6 Å². The second kappa shape index (κ2) is 22.7. The highest BCUT2D eigenvalue weighted by Crippen LogP contribution is 2.40. The van der Waals surface area contributed by atoms with Gasteiger partial charge >= 0.3 is 18.2 Å². The number of hydrogen-bond acceptors (Lipinski definition) is 15. The van der Waals surface area contributed by atoms with Gasteiger partial charge in [-0.15, -0.1) is 11.3 Å². The zero-order valence-corrected chi connectivity index (χ0v) is 39.8. The summed E-state index contributed by atoms with van der Waals surface area (Å²) in [5.41, 5.74) is 1.94. The van der Waals surface area contributed by atoms with Gasteiger partial charge in [-0.25, -0.2) is 24.4 Å². The van der Waals surface area contributed by atoms with Crippen LogP contribution in [0.5, 0.6) is 5.75 Å². The molecule has 0 saturated carbocycles. The number of benzene rings is 2. The van der Waals surface area contributed by atoms with Crippen molar-refractivity contribution in [3.63, 3.8) is 0 Å². The molecule has 3 N–H and O–H groups in total. The molecule has 0 unspecified atom stereocenters. The molecule has 1 aliphatic rings. The maximum absolute atomic E-state index is 13.2. The Bertz CT molecular complexity index is 2400. The Hall–Kier alpha value is -6.08. The van der Waals surface area contributed by atoms with Crippen LogP contribution in [0.15, 0.2) is 58.9 Å². The molecular formula is C46H53ClN8O8S2. The van der Waals surface area contributed by atoms with Crippen molar-refractivity contribution in [3.8, 4) is 39.6 Å². The minimum absolute atomic E-state index is 0.0245. The molecule has 4 aromatic rings. The maximum Gasteiger partial charge on any atom is 0.408 e. The average molecular weight is 946 g/mol. The fourth-order valence-electron chi connectivity index (χ4n) is 6.42. The fourth-order valence-corrected chi connectivity index (χ4v) is 8.35. The predicted octanol–water partition coefficient (Wildman–Crippen LogP) is 8.40. The third-order valence-corrected chi connectivity index (χ3v) is 11.5. The summed E-state index contributed by atoms with van der Waals surface area (Å²) in [6, 6.07) is 16.8. The molecule has 344 valence electrons. The number of aromatic nitrogens is 2. The highest BCUT2D eigenvalue weighted by Gasteiger charge is 2.29. The molecule has 2 atom stereocenters. The number of alkyl carbamates (subject to hydrolysis) is 2. The molecule has 5 rings (SSSR count). The molecule has 0 bridgehead atoms. The lowest BCUT2D eigenvalue weighted by molar-refractivity contribution is -0.148. The smallest absolute Gasteiger partial charge is 0.408 e. The number of nitrogens with zero attached hydrogens (tertiary/aromatic N) is 5. The molecule has 16 nitrogen and oxygen atoms in total. The van der Waals surface area contributed by atoms with Gasteiger partial charge in [-0.2, -0.15) is 10.5 Å². The van der Waals surface area contributed by atoms with E-state index in [0.717, 1.165) is 42.2 Å². The SMILES string of the molecule is C[C@H](NC(=O)[C@H](CCNC(=O)OC(C)(C)C)NC(=O)OC(C)(C)C)C(=O)OCCOc1ccc(-c2c(C#N)c(SCc3csc(-c4ccc(Cl)cc4)n3)nc(N3CCCC3)c2C#N)cc1. The first-order valence-electron chi connectivity index (χ1n) is 21.0. The topological polar surface area (TPSA) is 218 Å². The maximum atomic E-state index is 13.2. The van der Waals surface area contributed by atoms with Crippen molar-refractivity contribution < 1.29 is 38.1 Å². The molecule has 3 heterocycles. The Kier molecular flexibility index (Phi) is 17.4. The van der Waals surface area contributed by atoms with Crippen molar-refractivity contribution in [1.29, 1.82) is 10.5 Å². The van der Waals surface area contributed by atoms with Gasteiger partial charge in [0.05, 0.1) is 11.3 Å². The molecule has 0 radical (unpaired) electrons. The number of carbonyl (C=O) groups is 4. The van der Waals surface area contributed by atoms with Crippen molar-refractivity contribution in [2.24, 2.45) is 0 Å². The van der Waals surface area contributed by atoms with E-state index in [-0.39, 0.29) is 31.7 Å². The van der Waals surface area contributed by atoms with Gasteiger partial charge in [-0.1, -0.05) is 47.6 Å². The van der Waals surface area contributed by atoms with Crippen molar-refractivity contribution in [3.05, 3.63) is 75.8 Å². The lowest BCUT2D eigenvalue weighted by atomic mass is 9.96. The van der Waals surface area contributed by atoms with Crippen molar-refractivity contribution in [2.75, 3.05) is 37.7 Å². The van der Waals surface area contributed by atoms with Crippen molar-refractivity contribution in [1.82, 2.24) is 25.9 Å². The Morgan fingerprint density at radius 2 is 1.49 bits per heavy atom. The molecule has 19 heteroatoms. The fraction of sp³-hybridized carbons (Fsp3) is 0.435. The van der Waals surface area contributed by atoms with Crippen molar-refractivity contribution in [2.45, 2.75) is 102 Å². The van der Waals surface area contributed by atoms with Crippen LogP contribution in [0.1, 0.15) is 84.5 Å². The summed E-state index contributed by atoms with van der Waals surface area (Å²) >= 11 is 8.99. The number of nitrogens with one attached hydrogen (secondary N) is 3. The van der Waals surface area contributed by atoms with Gasteiger partial charge < -0.3 is 39.8 Å². The zero-order chi connectivity index (χ0) is 47.3. The molecule has 1 saturated heterocycles. The van der Waals surface area contributed by atoms with E-state index in [1.807, 2.05) is 29.6 Å². The number of amides is 3. The minimum atomic E-state index is -1.17. The van der Waals surface area contributed by atoms with Crippen LogP contribution < -0.4 is 25.6 Å². The second-order valence-corrected chi connectivity index (χ2v) is 19.2. The van der Waals surface area contributed by atoms with Crippen molar-refractivity contribution >= 4 is 64.6 Å². The van der Waals surface area contributed by atoms with Crippen LogP contribution in [-0.2, 0) is 29.6 Å². The summed E-state index contributed by atoms with van der Waals surface area (Å²) < 4.78 is 21.7. The number of nitriles is 2. The predicted molar refractivity (Wildman–Crippen MR) is 249 cm³/mol. The number of thioether (sulfide) groups is 1. The Morgan fingerprint density at radius 3 is 2.12 bits per heavy atom. The summed E-state index contributed by atoms with van der Waals surface area (Å²) in [5.74, 6) is 0.00422. The minimum Gasteiger partial charge on any atom is -0.490 e. The molecule has 2 aromatic carbocycles. The summed E-state index contributed by atoms with van der Waals surface area (Å²) in [7, 11) is 0. The molecule has 1 fully saturated rings. The van der Waals surface area contributed by atoms with Crippen LogP contribution in [0.3, 0.4) is 0 Å². The van der Waals surface area contributed by atoms with Crippen LogP contribution in [-0.4, -0.2) is 90.2 Å². The number of carbonyl (C=O) groups excluding carboxylic acids is 4. The largest absolute Gasteiger partial charge is 0.490 e. The van der Waals surface area contributed by atoms with Crippen LogP contribution in [0.25, 0.3) is 21.7 Å². The monoisotopic (exact) mass is 944 g/mol. The summed E-state index contributed by atoms with van der Waals surface area (Å²) in [4.78, 5) is 62.6. The van der Waals surface area contributed by atoms with E-state index in [9.17, 15) is 29.7 Å². The van der Waals surface area contributed by atoms with E-state index in [4.69, 9.17) is 40.5 Å². The van der Waals surface area contributed by atoms with Gasteiger partial charge in [0.15, 0.2) is 0 Å². The lowest BCUT2D eigenvalue weighted by Gasteiger charge is -2.24. The standard InChI is InChI=1S/C46H53ClN8O8S2/c1-28(51-39(56)36(53-44(59)63-46(5,6)7)18-19-50-43(58)62-45(2,3)4)42(57)61-23-22-60-33-16-12-29(13-17-33)37-34(24-48)38(55-20-8-9-21-55)54-41(35(37)25-49)65-27-32-26-64-40(52-32)30-10-14-31(47)15-11-30/h10-17,26,28,36H,8-9,18-23,27H2,1-7H3,(H,50,58)(H,51,56)(H,53,59)/t28-,36-/m0/s1. The highest BCUT2D eigenvalue weighted by atomic mass is 35.5. The molecular weight excluding hydrogens is 892 g/mol. The van der Waals surface area contributed by atoms with E-state index in [2.05, 4.69) is 33.0 Å². The van der Waals surface area contributed by atoms with E-state index >= 15 is 0 Å². The molecule has 2 aromatic heterocycles. The molecule has 0 spiro atoms. The molecule has 0 aliphatic carbocycles. The van der Waals surface area contributed by atoms with Crippen LogP contribution in [0.2, 0.25) is 5.02 Å². The zero-order valence-electron chi connectivity index (χ0n) is 37.4. The molecule has 65 heavy (non-hydrogen) atoms. The van der Waals surface area contributed by atoms with Crippen LogP contribution in [0.4, 0.5) is 15.4 Å². The second-order valence-electron chi connectivity index (χ2n) is 16.9. The van der Waals surface area contributed by atoms with Gasteiger partial charge in [0, 0.05) is 46.9 Å². The first kappa shape index (κ1) is 49.9. The van der Waals surface area contributed by atoms with E-state index in [0.29, 0.717) is 44.1 Å². The molecule has 3 amide bonds. The average Bonchev–Trinajstić information content (AvgIpc) is 3.96. The number of pyridine rings is 1. The number of thiazole rings is 1. The first-order chi connectivity index (χ1) is 30.8. The first-order valence-corrected chi connectivity index (χ1v) is 23.2. The molecule has 1 aliphatic heterocycles. The summed E-state index contributed by atoms with van der Waals surface area (Å²) in [6.07, 6.45) is 0.361. The number of halogens is 1. The summed E-state index contributed by atoms with van der Waals surface area (Å²) in [5, 5.41) is 32.6. The number of esters is 1. The van der Waals surface area contributed by atoms with Gasteiger partial charge in [-0.3, -0.25) is 4.79 Å². The number of ether oxygens (including phenoxy) is 4. The number of anilines is 1. The quantitative estimate of drug-likeness (QED) is 0.0392. The number of hydrogen-bond donors (Lipinski definition) is 3. The van der Waals surface area contributed by atoms with Gasteiger partial charge in [0.2, 0.25) is 5.91 Å². The Labute approximate surface area is 392 Å².